The first-order chi connectivity index (χ1) is 17.5. The van der Waals surface area contributed by atoms with Crippen LogP contribution in [0.5, 0.6) is 0 Å². The Labute approximate surface area is 210 Å². The third kappa shape index (κ3) is 6.31. The summed E-state index contributed by atoms with van der Waals surface area (Å²) in [6.45, 7) is 1.74. The highest BCUT2D eigenvalue weighted by Crippen LogP contribution is 2.37. The number of halogens is 5. The van der Waals surface area contributed by atoms with Crippen molar-refractivity contribution >= 4 is 5.69 Å². The van der Waals surface area contributed by atoms with Gasteiger partial charge < -0.3 is 10.4 Å². The molecule has 9 heteroatoms. The molecule has 0 aliphatic carbocycles. The predicted molar refractivity (Wildman–Crippen MR) is 130 cm³/mol. The molecule has 37 heavy (non-hydrogen) atoms. The summed E-state index contributed by atoms with van der Waals surface area (Å²) < 4.78 is 68.6. The molecule has 0 aliphatic heterocycles. The van der Waals surface area contributed by atoms with Gasteiger partial charge in [-0.15, -0.1) is 0 Å². The van der Waals surface area contributed by atoms with Crippen LogP contribution in [0.1, 0.15) is 28.1 Å². The van der Waals surface area contributed by atoms with Gasteiger partial charge in [-0.05, 0) is 54.4 Å². The number of hydrogen-bond acceptors (Lipinski definition) is 4. The van der Waals surface area contributed by atoms with Crippen LogP contribution in [0.3, 0.4) is 0 Å². The summed E-state index contributed by atoms with van der Waals surface area (Å²) in [6.07, 6.45) is -6.14. The maximum atomic E-state index is 13.7. The molecule has 0 saturated carbocycles. The number of nitrogens with one attached hydrogen (secondary N) is 2. The van der Waals surface area contributed by atoms with Gasteiger partial charge in [-0.3, -0.25) is 10.3 Å². The fraction of sp³-hybridized carbons (Fsp3) is 0.179. The Morgan fingerprint density at radius 2 is 1.46 bits per heavy atom. The van der Waals surface area contributed by atoms with Crippen LogP contribution >= 0.6 is 0 Å². The van der Waals surface area contributed by atoms with Crippen LogP contribution in [0.25, 0.3) is 0 Å². The van der Waals surface area contributed by atoms with E-state index in [0.717, 1.165) is 29.8 Å². The lowest BCUT2D eigenvalue weighted by Gasteiger charge is -2.38. The van der Waals surface area contributed by atoms with Gasteiger partial charge in [-0.25, -0.2) is 8.78 Å². The maximum absolute atomic E-state index is 13.7. The minimum absolute atomic E-state index is 0.0626. The molecule has 4 rings (SSSR count). The lowest BCUT2D eigenvalue weighted by Crippen LogP contribution is -2.53. The van der Waals surface area contributed by atoms with E-state index >= 15 is 0 Å². The summed E-state index contributed by atoms with van der Waals surface area (Å²) in [7, 11) is 0. The van der Waals surface area contributed by atoms with E-state index in [9.17, 15) is 27.1 Å². The number of aromatic nitrogens is 1. The van der Waals surface area contributed by atoms with Crippen molar-refractivity contribution < 1.29 is 27.1 Å². The van der Waals surface area contributed by atoms with Crippen LogP contribution in [0.15, 0.2) is 91.0 Å². The number of anilines is 1. The zero-order chi connectivity index (χ0) is 26.6. The van der Waals surface area contributed by atoms with Gasteiger partial charge in [0.05, 0.1) is 16.8 Å². The van der Waals surface area contributed by atoms with Crippen molar-refractivity contribution in [2.45, 2.75) is 31.4 Å². The molecule has 0 bridgehead atoms. The molecule has 1 heterocycles. The van der Waals surface area contributed by atoms with Crippen molar-refractivity contribution in [3.63, 3.8) is 0 Å². The van der Waals surface area contributed by atoms with E-state index in [0.29, 0.717) is 17.5 Å². The van der Waals surface area contributed by atoms with Crippen LogP contribution in [-0.2, 0) is 18.1 Å². The Morgan fingerprint density at radius 3 is 2.11 bits per heavy atom. The fourth-order valence-corrected chi connectivity index (χ4v) is 4.26. The Morgan fingerprint density at radius 1 is 0.811 bits per heavy atom. The summed E-state index contributed by atoms with van der Waals surface area (Å²) >= 11 is 0. The van der Waals surface area contributed by atoms with Gasteiger partial charge in [-0.2, -0.15) is 13.2 Å². The van der Waals surface area contributed by atoms with Crippen molar-refractivity contribution in [1.82, 2.24) is 10.3 Å². The molecule has 1 aromatic heterocycles. The maximum Gasteiger partial charge on any atom is 0.416 e. The van der Waals surface area contributed by atoms with Gasteiger partial charge in [0.25, 0.3) is 0 Å². The van der Waals surface area contributed by atoms with Gasteiger partial charge >= 0.3 is 6.18 Å². The van der Waals surface area contributed by atoms with E-state index < -0.39 is 35.3 Å². The van der Waals surface area contributed by atoms with E-state index in [1.165, 1.54) is 12.1 Å². The second-order valence-electron chi connectivity index (χ2n) is 8.66. The molecule has 0 fully saturated rings. The molecule has 4 aromatic rings. The van der Waals surface area contributed by atoms with Gasteiger partial charge in [0.1, 0.15) is 11.6 Å². The first kappa shape index (κ1) is 26.2. The second kappa shape index (κ2) is 10.7. The van der Waals surface area contributed by atoms with Crippen molar-refractivity contribution in [1.29, 1.82) is 0 Å². The molecule has 0 amide bonds. The quantitative estimate of drug-likeness (QED) is 0.195. The highest BCUT2D eigenvalue weighted by atomic mass is 19.4. The number of rotatable bonds is 8. The summed E-state index contributed by atoms with van der Waals surface area (Å²) in [5, 5.41) is 16.6. The standard InChI is InChI=1S/C28H24F5N3O/c1-18-7-5-12-25(34-18)27(17-19-8-3-2-4-9-19,20-10-6-11-21(13-20)28(31,32)33)36-26(37)35-24-15-22(29)14-23(30)16-24/h2-16,26,35-37H,17H2,1H3. The first-order valence-corrected chi connectivity index (χ1v) is 11.4. The highest BCUT2D eigenvalue weighted by Gasteiger charge is 2.40. The summed E-state index contributed by atoms with van der Waals surface area (Å²) in [4.78, 5) is 4.60. The Bertz CT molecular complexity index is 1340. The topological polar surface area (TPSA) is 57.2 Å². The largest absolute Gasteiger partial charge is 0.416 e. The molecule has 192 valence electrons. The number of benzene rings is 3. The zero-order valence-electron chi connectivity index (χ0n) is 19.7. The Balaban J connectivity index is 1.87. The molecule has 0 radical (unpaired) electrons. The van der Waals surface area contributed by atoms with E-state index in [-0.39, 0.29) is 17.7 Å². The summed E-state index contributed by atoms with van der Waals surface area (Å²) in [5.41, 5.74) is -0.512. The van der Waals surface area contributed by atoms with Crippen LogP contribution < -0.4 is 10.6 Å². The smallest absolute Gasteiger partial charge is 0.361 e. The molecule has 0 saturated heterocycles. The van der Waals surface area contributed by atoms with Crippen molar-refractivity contribution in [2.75, 3.05) is 5.32 Å². The van der Waals surface area contributed by atoms with Gasteiger partial charge in [0.2, 0.25) is 0 Å². The van der Waals surface area contributed by atoms with E-state index in [4.69, 9.17) is 0 Å². The minimum Gasteiger partial charge on any atom is -0.361 e. The monoisotopic (exact) mass is 513 g/mol. The molecular weight excluding hydrogens is 489 g/mol. The van der Waals surface area contributed by atoms with Crippen LogP contribution in [0, 0.1) is 18.6 Å². The third-order valence-electron chi connectivity index (χ3n) is 5.87. The average Bonchev–Trinajstić information content (AvgIpc) is 2.83. The van der Waals surface area contributed by atoms with E-state index in [1.807, 2.05) is 18.2 Å². The zero-order valence-corrected chi connectivity index (χ0v) is 19.7. The summed E-state index contributed by atoms with van der Waals surface area (Å²) in [5.74, 6) is -1.72. The Kier molecular flexibility index (Phi) is 7.56. The third-order valence-corrected chi connectivity index (χ3v) is 5.87. The van der Waals surface area contributed by atoms with Crippen molar-refractivity contribution in [3.8, 4) is 0 Å². The number of aliphatic hydroxyl groups is 1. The highest BCUT2D eigenvalue weighted by molar-refractivity contribution is 5.45. The van der Waals surface area contributed by atoms with E-state index in [2.05, 4.69) is 15.6 Å². The number of pyridine rings is 1. The molecule has 3 aromatic carbocycles. The fourth-order valence-electron chi connectivity index (χ4n) is 4.26. The van der Waals surface area contributed by atoms with Gasteiger partial charge in [-0.1, -0.05) is 48.5 Å². The number of hydrogen-bond donors (Lipinski definition) is 3. The Hall–Kier alpha value is -3.82. The van der Waals surface area contributed by atoms with Gasteiger partial charge in [0, 0.05) is 23.9 Å². The van der Waals surface area contributed by atoms with E-state index in [1.54, 1.807) is 37.3 Å². The molecular formula is C28H24F5N3O. The lowest BCUT2D eigenvalue weighted by molar-refractivity contribution is -0.137. The molecule has 2 unspecified atom stereocenters. The van der Waals surface area contributed by atoms with Crippen LogP contribution in [0.4, 0.5) is 27.6 Å². The molecule has 4 nitrogen and oxygen atoms in total. The first-order valence-electron chi connectivity index (χ1n) is 11.4. The molecule has 3 N–H and O–H groups in total. The second-order valence-corrected chi connectivity index (χ2v) is 8.66. The number of aliphatic hydroxyl groups excluding tert-OH is 1. The number of nitrogens with zero attached hydrogens (tertiary/aromatic N) is 1. The SMILES string of the molecule is Cc1cccc(C(Cc2ccccc2)(NC(O)Nc2cc(F)cc(F)c2)c2cccc(C(F)(F)F)c2)n1. The van der Waals surface area contributed by atoms with Crippen molar-refractivity contribution in [3.05, 3.63) is 131 Å². The molecule has 2 atom stereocenters. The molecule has 0 spiro atoms. The van der Waals surface area contributed by atoms with Gasteiger partial charge in [0.15, 0.2) is 6.35 Å². The predicted octanol–water partition coefficient (Wildman–Crippen LogP) is 6.15. The normalized spacial score (nSPS) is 14.1. The molecule has 0 aliphatic rings. The van der Waals surface area contributed by atoms with Crippen LogP contribution in [0.2, 0.25) is 0 Å². The average molecular weight is 514 g/mol. The van der Waals surface area contributed by atoms with Crippen LogP contribution in [-0.4, -0.2) is 16.4 Å². The summed E-state index contributed by atoms with van der Waals surface area (Å²) in [6, 6.07) is 21.6. The minimum atomic E-state index is -4.61. The number of alkyl halides is 3. The number of aryl methyl sites for hydroxylation is 1. The van der Waals surface area contributed by atoms with Crippen molar-refractivity contribution in [2.24, 2.45) is 0 Å². The lowest BCUT2D eigenvalue weighted by atomic mass is 9.79.